The van der Waals surface area contributed by atoms with E-state index in [0.29, 0.717) is 34.1 Å². The zero-order valence-corrected chi connectivity index (χ0v) is 13.6. The summed E-state index contributed by atoms with van der Waals surface area (Å²) >= 11 is 0. The highest BCUT2D eigenvalue weighted by molar-refractivity contribution is 6.13. The zero-order chi connectivity index (χ0) is 17.0. The molecule has 1 atom stereocenters. The smallest absolute Gasteiger partial charge is 0.312 e. The molecule has 2 aliphatic rings. The molecule has 24 heavy (non-hydrogen) atoms. The lowest BCUT2D eigenvalue weighted by molar-refractivity contribution is -0.135. The van der Waals surface area contributed by atoms with Crippen LogP contribution in [0.15, 0.2) is 40.0 Å². The van der Waals surface area contributed by atoms with Gasteiger partial charge < -0.3 is 13.9 Å². The average molecular weight is 324 g/mol. The number of hydrogen-bond acceptors (Lipinski definition) is 5. The molecule has 0 spiro atoms. The molecule has 0 bridgehead atoms. The molecule has 5 nitrogen and oxygen atoms in total. The van der Waals surface area contributed by atoms with Gasteiger partial charge in [0, 0.05) is 5.56 Å². The minimum Gasteiger partial charge on any atom is -0.466 e. The van der Waals surface area contributed by atoms with Gasteiger partial charge >= 0.3 is 5.97 Å². The molecule has 5 heteroatoms. The van der Waals surface area contributed by atoms with Gasteiger partial charge in [-0.1, -0.05) is 0 Å². The third-order valence-corrected chi connectivity index (χ3v) is 4.31. The molecule has 1 unspecified atom stereocenters. The minimum atomic E-state index is -0.326. The standard InChI is InChI=1S/C19H16O5/c1-9(2)18-17(21)11-5-7-14-16(19(11)24-18)12(8-15(20)23-14)13-6-4-10(3)22-13/h4-7,12H,8H2,1-3H3. The van der Waals surface area contributed by atoms with Gasteiger partial charge in [0.1, 0.15) is 23.0 Å². The van der Waals surface area contributed by atoms with Crippen molar-refractivity contribution in [3.63, 3.8) is 0 Å². The Balaban J connectivity index is 1.93. The Morgan fingerprint density at radius 3 is 2.54 bits per heavy atom. The van der Waals surface area contributed by atoms with Crippen LogP contribution in [0.2, 0.25) is 0 Å². The van der Waals surface area contributed by atoms with E-state index in [4.69, 9.17) is 13.9 Å². The fourth-order valence-electron chi connectivity index (χ4n) is 3.21. The van der Waals surface area contributed by atoms with Crippen LogP contribution in [0.5, 0.6) is 11.5 Å². The van der Waals surface area contributed by atoms with Gasteiger partial charge in [0.05, 0.1) is 17.9 Å². The van der Waals surface area contributed by atoms with Crippen molar-refractivity contribution in [2.75, 3.05) is 0 Å². The van der Waals surface area contributed by atoms with Crippen LogP contribution in [0.3, 0.4) is 0 Å². The van der Waals surface area contributed by atoms with Crippen LogP contribution in [-0.4, -0.2) is 11.8 Å². The number of carbonyl (C=O) groups is 2. The van der Waals surface area contributed by atoms with E-state index in [1.165, 1.54) is 0 Å². The first-order valence-electron chi connectivity index (χ1n) is 7.79. The van der Waals surface area contributed by atoms with Crippen LogP contribution >= 0.6 is 0 Å². The summed E-state index contributed by atoms with van der Waals surface area (Å²) in [6, 6.07) is 7.00. The Hall–Kier alpha value is -2.82. The van der Waals surface area contributed by atoms with Crippen molar-refractivity contribution in [3.8, 4) is 11.5 Å². The number of ketones is 1. The van der Waals surface area contributed by atoms with Crippen molar-refractivity contribution in [2.45, 2.75) is 33.1 Å². The molecule has 2 aromatic rings. The first-order valence-corrected chi connectivity index (χ1v) is 7.79. The third kappa shape index (κ3) is 2.08. The van der Waals surface area contributed by atoms with Crippen molar-refractivity contribution >= 4 is 11.8 Å². The summed E-state index contributed by atoms with van der Waals surface area (Å²) in [6.07, 6.45) is 0.151. The summed E-state index contributed by atoms with van der Waals surface area (Å²) in [7, 11) is 0. The van der Waals surface area contributed by atoms with E-state index in [0.717, 1.165) is 11.3 Å². The van der Waals surface area contributed by atoms with Gasteiger partial charge in [-0.3, -0.25) is 9.59 Å². The van der Waals surface area contributed by atoms with E-state index in [2.05, 4.69) is 0 Å². The predicted octanol–water partition coefficient (Wildman–Crippen LogP) is 3.90. The van der Waals surface area contributed by atoms with Gasteiger partial charge in [-0.2, -0.15) is 0 Å². The maximum Gasteiger partial charge on any atom is 0.312 e. The highest BCUT2D eigenvalue weighted by Crippen LogP contribution is 2.49. The Bertz CT molecular complexity index is 912. The highest BCUT2D eigenvalue weighted by Gasteiger charge is 2.39. The average Bonchev–Trinajstić information content (AvgIpc) is 3.10. The monoisotopic (exact) mass is 324 g/mol. The zero-order valence-electron chi connectivity index (χ0n) is 13.6. The van der Waals surface area contributed by atoms with Crippen LogP contribution in [0.25, 0.3) is 0 Å². The second-order valence-electron chi connectivity index (χ2n) is 6.29. The molecule has 0 saturated heterocycles. The molecule has 0 amide bonds. The number of fused-ring (bicyclic) bond motifs is 3. The third-order valence-electron chi connectivity index (χ3n) is 4.31. The first-order chi connectivity index (χ1) is 11.5. The SMILES string of the molecule is CC(C)=C1Oc2c(ccc3c2C(c2ccc(C)o2)CC(=O)O3)C1=O. The van der Waals surface area contributed by atoms with Crippen LogP contribution in [0.1, 0.15) is 53.6 Å². The number of allylic oxidation sites excluding steroid dienone is 2. The van der Waals surface area contributed by atoms with E-state index >= 15 is 0 Å². The molecule has 122 valence electrons. The van der Waals surface area contributed by atoms with Gasteiger partial charge in [-0.15, -0.1) is 0 Å². The lowest BCUT2D eigenvalue weighted by Crippen LogP contribution is -2.21. The van der Waals surface area contributed by atoms with Crippen molar-refractivity contribution in [3.05, 3.63) is 58.2 Å². The number of carbonyl (C=O) groups excluding carboxylic acids is 2. The Labute approximate surface area is 138 Å². The molecule has 0 aliphatic carbocycles. The fraction of sp³-hybridized carbons (Fsp3) is 0.263. The predicted molar refractivity (Wildman–Crippen MR) is 85.3 cm³/mol. The molecular weight excluding hydrogens is 308 g/mol. The molecule has 1 aromatic heterocycles. The van der Waals surface area contributed by atoms with Gasteiger partial charge in [0.25, 0.3) is 0 Å². The van der Waals surface area contributed by atoms with Gasteiger partial charge in [-0.25, -0.2) is 0 Å². The first kappa shape index (κ1) is 14.8. The second-order valence-corrected chi connectivity index (χ2v) is 6.29. The van der Waals surface area contributed by atoms with Crippen molar-refractivity contribution in [1.29, 1.82) is 0 Å². The minimum absolute atomic E-state index is 0.140. The molecule has 1 aromatic carbocycles. The van der Waals surface area contributed by atoms with Gasteiger partial charge in [0.15, 0.2) is 5.76 Å². The van der Waals surface area contributed by atoms with Gasteiger partial charge in [0.2, 0.25) is 5.78 Å². The molecule has 0 radical (unpaired) electrons. The summed E-state index contributed by atoms with van der Waals surface area (Å²) in [6.45, 7) is 5.51. The van der Waals surface area contributed by atoms with Crippen molar-refractivity contribution in [2.24, 2.45) is 0 Å². The topological polar surface area (TPSA) is 65.7 Å². The number of hydrogen-bond donors (Lipinski definition) is 0. The summed E-state index contributed by atoms with van der Waals surface area (Å²) in [5, 5.41) is 0. The van der Waals surface area contributed by atoms with E-state index in [9.17, 15) is 9.59 Å². The Morgan fingerprint density at radius 1 is 1.08 bits per heavy atom. The number of esters is 1. The molecule has 4 rings (SSSR count). The number of Topliss-reactive ketones (excluding diaryl/α,β-unsaturated/α-hetero) is 1. The summed E-state index contributed by atoms with van der Waals surface area (Å²) in [5.74, 6) is 1.87. The Morgan fingerprint density at radius 2 is 1.88 bits per heavy atom. The maximum absolute atomic E-state index is 12.5. The van der Waals surface area contributed by atoms with Crippen LogP contribution in [0, 0.1) is 6.92 Å². The fourth-order valence-corrected chi connectivity index (χ4v) is 3.21. The molecule has 0 N–H and O–H groups in total. The largest absolute Gasteiger partial charge is 0.466 e. The number of aryl methyl sites for hydroxylation is 1. The molecule has 3 heterocycles. The number of benzene rings is 1. The number of furan rings is 1. The van der Waals surface area contributed by atoms with E-state index in [-0.39, 0.29) is 24.1 Å². The lowest BCUT2D eigenvalue weighted by atomic mass is 9.88. The molecular formula is C19H16O5. The summed E-state index contributed by atoms with van der Waals surface area (Å²) < 4.78 is 17.0. The molecule has 0 saturated carbocycles. The summed E-state index contributed by atoms with van der Waals surface area (Å²) in [5.41, 5.74) is 2.00. The van der Waals surface area contributed by atoms with E-state index < -0.39 is 0 Å². The lowest BCUT2D eigenvalue weighted by Gasteiger charge is -2.24. The van der Waals surface area contributed by atoms with Crippen molar-refractivity contribution in [1.82, 2.24) is 0 Å². The molecule has 2 aliphatic heterocycles. The van der Waals surface area contributed by atoms with E-state index in [1.807, 2.05) is 32.9 Å². The van der Waals surface area contributed by atoms with Crippen LogP contribution in [-0.2, 0) is 4.79 Å². The quantitative estimate of drug-likeness (QED) is 0.452. The van der Waals surface area contributed by atoms with E-state index in [1.54, 1.807) is 12.1 Å². The number of rotatable bonds is 1. The van der Waals surface area contributed by atoms with Crippen LogP contribution in [0.4, 0.5) is 0 Å². The van der Waals surface area contributed by atoms with Crippen molar-refractivity contribution < 1.29 is 23.5 Å². The normalized spacial score (nSPS) is 18.8. The highest BCUT2D eigenvalue weighted by atomic mass is 16.5. The summed E-state index contributed by atoms with van der Waals surface area (Å²) in [4.78, 5) is 24.5. The Kier molecular flexibility index (Phi) is 3.13. The second kappa shape index (κ2) is 5.09. The molecule has 0 fully saturated rings. The van der Waals surface area contributed by atoms with Gasteiger partial charge in [-0.05, 0) is 50.6 Å². The maximum atomic E-state index is 12.5. The van der Waals surface area contributed by atoms with Crippen LogP contribution < -0.4 is 9.47 Å². The number of ether oxygens (including phenoxy) is 2.